The zero-order valence-electron chi connectivity index (χ0n) is 10.8. The summed E-state index contributed by atoms with van der Waals surface area (Å²) in [4.78, 5) is 10.7. The highest BCUT2D eigenvalue weighted by atomic mass is 32.2. The molecule has 0 aromatic heterocycles. The van der Waals surface area contributed by atoms with Crippen molar-refractivity contribution in [3.63, 3.8) is 0 Å². The Morgan fingerprint density at radius 3 is 2.05 bits per heavy atom. The van der Waals surface area contributed by atoms with Gasteiger partial charge in [0.05, 0.1) is 0 Å². The average Bonchev–Trinajstić information content (AvgIpc) is 2.34. The predicted octanol–water partition coefficient (Wildman–Crippen LogP) is 1.81. The topological polar surface area (TPSA) is 72.5 Å². The van der Waals surface area contributed by atoms with Gasteiger partial charge in [-0.25, -0.2) is 17.9 Å². The molecule has 0 saturated carbocycles. The first-order valence-electron chi connectivity index (χ1n) is 5.24. The summed E-state index contributed by atoms with van der Waals surface area (Å²) in [6, 6.07) is 0. The van der Waals surface area contributed by atoms with E-state index in [9.17, 15) is 43.9 Å². The summed E-state index contributed by atoms with van der Waals surface area (Å²) in [5.41, 5.74) is 0. The molecule has 0 aromatic rings. The summed E-state index contributed by atoms with van der Waals surface area (Å²) in [6.07, 6.45) is -7.57. The van der Waals surface area contributed by atoms with Crippen molar-refractivity contribution in [2.24, 2.45) is 0 Å². The molecule has 0 aliphatic heterocycles. The fourth-order valence-electron chi connectivity index (χ4n) is 0.940. The normalized spacial score (nSPS) is 15.3. The number of carbonyl (C=O) groups excluding carboxylic acids is 1. The summed E-state index contributed by atoms with van der Waals surface area (Å²) in [5.74, 6) is -7.90. The van der Waals surface area contributed by atoms with Crippen LogP contribution < -0.4 is 4.72 Å². The highest BCUT2D eigenvalue weighted by Crippen LogP contribution is 2.48. The minimum atomic E-state index is -6.81. The van der Waals surface area contributed by atoms with Crippen molar-refractivity contribution in [1.82, 2.24) is 4.72 Å². The number of ether oxygens (including phenoxy) is 1. The maximum atomic E-state index is 13.0. The number of rotatable bonds is 7. The number of esters is 1. The van der Waals surface area contributed by atoms with E-state index in [1.807, 2.05) is 0 Å². The maximum Gasteiger partial charge on any atom is 0.461 e. The monoisotopic (exact) mass is 361 g/mol. The van der Waals surface area contributed by atoms with E-state index in [0.717, 1.165) is 11.6 Å². The molecule has 0 fully saturated rings. The van der Waals surface area contributed by atoms with Crippen LogP contribution in [-0.2, 0) is 19.6 Å². The van der Waals surface area contributed by atoms with E-state index in [1.54, 1.807) is 0 Å². The SMILES string of the molecule is C=CC(=O)OC(C)CNS(=O)(=O)C(F)(F)C(F)(F)C(F)(F)F. The fourth-order valence-corrected chi connectivity index (χ4v) is 2.03. The summed E-state index contributed by atoms with van der Waals surface area (Å²) in [6.45, 7) is 2.79. The standard InChI is InChI=1S/C9H10F7NO4S/c1-3-6(18)21-5(2)4-17-22(19,20)9(15,16)7(10,11)8(12,13)14/h3,5,17H,1,4H2,2H3. The van der Waals surface area contributed by atoms with Crippen LogP contribution in [0, 0.1) is 0 Å². The molecule has 0 amide bonds. The maximum absolute atomic E-state index is 13.0. The molecular formula is C9H10F7NO4S. The third kappa shape index (κ3) is 4.09. The van der Waals surface area contributed by atoms with Gasteiger partial charge in [0.1, 0.15) is 6.10 Å². The van der Waals surface area contributed by atoms with Crippen LogP contribution >= 0.6 is 0 Å². The third-order valence-electron chi connectivity index (χ3n) is 2.10. The molecule has 1 atom stereocenters. The summed E-state index contributed by atoms with van der Waals surface area (Å²) >= 11 is 0. The number of nitrogens with one attached hydrogen (secondary N) is 1. The van der Waals surface area contributed by atoms with E-state index < -0.39 is 46.0 Å². The Balaban J connectivity index is 5.16. The number of sulfonamides is 1. The lowest BCUT2D eigenvalue weighted by Crippen LogP contribution is -2.59. The zero-order chi connectivity index (χ0) is 18.0. The molecule has 0 saturated heterocycles. The van der Waals surface area contributed by atoms with Crippen LogP contribution in [0.3, 0.4) is 0 Å². The molecule has 22 heavy (non-hydrogen) atoms. The van der Waals surface area contributed by atoms with E-state index in [1.165, 1.54) is 0 Å². The van der Waals surface area contributed by atoms with Crippen molar-refractivity contribution in [2.45, 2.75) is 30.4 Å². The molecule has 0 rings (SSSR count). The van der Waals surface area contributed by atoms with E-state index in [2.05, 4.69) is 11.3 Å². The van der Waals surface area contributed by atoms with Crippen molar-refractivity contribution in [3.8, 4) is 0 Å². The zero-order valence-corrected chi connectivity index (χ0v) is 11.6. The highest BCUT2D eigenvalue weighted by molar-refractivity contribution is 7.90. The highest BCUT2D eigenvalue weighted by Gasteiger charge is 2.78. The Hall–Kier alpha value is -1.37. The second-order valence-electron chi connectivity index (χ2n) is 3.89. The fraction of sp³-hybridized carbons (Fsp3) is 0.667. The van der Waals surface area contributed by atoms with Crippen molar-refractivity contribution in [3.05, 3.63) is 12.7 Å². The lowest BCUT2D eigenvalue weighted by atomic mass is 10.3. The number of halogens is 7. The minimum absolute atomic E-state index is 0.636. The van der Waals surface area contributed by atoms with Crippen LogP contribution in [0.4, 0.5) is 30.7 Å². The van der Waals surface area contributed by atoms with Crippen LogP contribution in [-0.4, -0.2) is 44.4 Å². The average molecular weight is 361 g/mol. The number of hydrogen-bond acceptors (Lipinski definition) is 4. The van der Waals surface area contributed by atoms with Gasteiger partial charge in [-0.05, 0) is 6.92 Å². The van der Waals surface area contributed by atoms with Crippen LogP contribution in [0.1, 0.15) is 6.92 Å². The molecule has 0 radical (unpaired) electrons. The molecule has 0 heterocycles. The largest absolute Gasteiger partial charge is 0.461 e. The van der Waals surface area contributed by atoms with Gasteiger partial charge in [-0.3, -0.25) is 0 Å². The van der Waals surface area contributed by atoms with Crippen LogP contribution in [0.25, 0.3) is 0 Å². The molecule has 0 aromatic carbocycles. The Morgan fingerprint density at radius 2 is 1.68 bits per heavy atom. The number of hydrogen-bond donors (Lipinski definition) is 1. The lowest BCUT2D eigenvalue weighted by Gasteiger charge is -2.28. The van der Waals surface area contributed by atoms with Gasteiger partial charge in [0.25, 0.3) is 10.0 Å². The van der Waals surface area contributed by atoms with E-state index in [-0.39, 0.29) is 0 Å². The number of alkyl halides is 7. The molecule has 13 heteroatoms. The molecular weight excluding hydrogens is 351 g/mol. The van der Waals surface area contributed by atoms with Gasteiger partial charge in [0.2, 0.25) is 0 Å². The molecule has 5 nitrogen and oxygen atoms in total. The van der Waals surface area contributed by atoms with Crippen molar-refractivity contribution < 1.29 is 48.7 Å². The van der Waals surface area contributed by atoms with Crippen molar-refractivity contribution in [1.29, 1.82) is 0 Å². The van der Waals surface area contributed by atoms with Gasteiger partial charge in [-0.1, -0.05) is 6.58 Å². The first-order valence-corrected chi connectivity index (χ1v) is 6.73. The van der Waals surface area contributed by atoms with Gasteiger partial charge >= 0.3 is 23.3 Å². The van der Waals surface area contributed by atoms with Crippen LogP contribution in [0.5, 0.6) is 0 Å². The summed E-state index contributed by atoms with van der Waals surface area (Å²) in [7, 11) is -6.41. The molecule has 1 N–H and O–H groups in total. The smallest absolute Gasteiger partial charge is 0.458 e. The van der Waals surface area contributed by atoms with Gasteiger partial charge in [0, 0.05) is 12.6 Å². The number of carbonyl (C=O) groups is 1. The van der Waals surface area contributed by atoms with E-state index >= 15 is 0 Å². The Kier molecular flexibility index (Phi) is 6.00. The molecule has 130 valence electrons. The first kappa shape index (κ1) is 20.6. The summed E-state index contributed by atoms with van der Waals surface area (Å²) < 4.78 is 114. The van der Waals surface area contributed by atoms with E-state index in [4.69, 9.17) is 0 Å². The first-order chi connectivity index (χ1) is 9.60. The Labute approximate surface area is 120 Å². The van der Waals surface area contributed by atoms with Crippen molar-refractivity contribution in [2.75, 3.05) is 6.54 Å². The molecule has 0 aliphatic rings. The summed E-state index contributed by atoms with van der Waals surface area (Å²) in [5, 5.41) is -6.46. The van der Waals surface area contributed by atoms with Crippen molar-refractivity contribution >= 4 is 16.0 Å². The van der Waals surface area contributed by atoms with Crippen LogP contribution in [0.2, 0.25) is 0 Å². The Bertz CT molecular complexity index is 529. The Morgan fingerprint density at radius 1 is 1.23 bits per heavy atom. The van der Waals surface area contributed by atoms with Gasteiger partial charge in [-0.15, -0.1) is 0 Å². The lowest BCUT2D eigenvalue weighted by molar-refractivity contribution is -0.332. The second kappa shape index (κ2) is 6.40. The molecule has 0 bridgehead atoms. The minimum Gasteiger partial charge on any atom is -0.458 e. The van der Waals surface area contributed by atoms with Gasteiger partial charge < -0.3 is 4.74 Å². The van der Waals surface area contributed by atoms with Gasteiger partial charge in [0.15, 0.2) is 0 Å². The third-order valence-corrected chi connectivity index (χ3v) is 3.58. The molecule has 0 aliphatic carbocycles. The second-order valence-corrected chi connectivity index (χ2v) is 5.70. The molecule has 1 unspecified atom stereocenters. The molecule has 0 spiro atoms. The van der Waals surface area contributed by atoms with E-state index in [0.29, 0.717) is 6.08 Å². The van der Waals surface area contributed by atoms with Gasteiger partial charge in [-0.2, -0.15) is 30.7 Å². The predicted molar refractivity (Wildman–Crippen MR) is 58.6 cm³/mol. The quantitative estimate of drug-likeness (QED) is 0.427. The van der Waals surface area contributed by atoms with Crippen LogP contribution in [0.15, 0.2) is 12.7 Å².